The van der Waals surface area contributed by atoms with Crippen LogP contribution >= 0.6 is 0 Å². The Morgan fingerprint density at radius 1 is 1.12 bits per heavy atom. The first-order valence-electron chi connectivity index (χ1n) is 8.30. The predicted molar refractivity (Wildman–Crippen MR) is 93.2 cm³/mol. The number of methoxy groups -OCH3 is 1. The minimum atomic E-state index is 0.167. The Bertz CT molecular complexity index is 695. The highest BCUT2D eigenvalue weighted by atomic mass is 16.5. The Kier molecular flexibility index (Phi) is 4.99. The van der Waals surface area contributed by atoms with E-state index >= 15 is 0 Å². The lowest BCUT2D eigenvalue weighted by Crippen LogP contribution is -2.49. The molecule has 1 fully saturated rings. The lowest BCUT2D eigenvalue weighted by Gasteiger charge is -2.36. The highest BCUT2D eigenvalue weighted by molar-refractivity contribution is 5.80. The second-order valence-electron chi connectivity index (χ2n) is 6.12. The fourth-order valence-electron chi connectivity index (χ4n) is 3.12. The highest BCUT2D eigenvalue weighted by Crippen LogP contribution is 2.21. The Morgan fingerprint density at radius 3 is 2.50 bits per heavy atom. The lowest BCUT2D eigenvalue weighted by molar-refractivity contribution is -0.377. The lowest BCUT2D eigenvalue weighted by atomic mass is 10.1. The summed E-state index contributed by atoms with van der Waals surface area (Å²) in [6.07, 6.45) is 4.25. The summed E-state index contributed by atoms with van der Waals surface area (Å²) in [7, 11) is 1.65. The number of carbonyl (C=O) groups is 1. The zero-order chi connectivity index (χ0) is 16.9. The number of hydrogen-bond donors (Lipinski definition) is 0. The number of aromatic amines is 1. The van der Waals surface area contributed by atoms with Crippen LogP contribution in [0.2, 0.25) is 0 Å². The minimum absolute atomic E-state index is 0.167. The number of rotatable bonds is 4. The molecule has 0 unspecified atom stereocenters. The van der Waals surface area contributed by atoms with E-state index in [2.05, 4.69) is 22.0 Å². The minimum Gasteiger partial charge on any atom is -0.496 e. The van der Waals surface area contributed by atoms with Gasteiger partial charge in [-0.15, -0.1) is 0 Å². The maximum Gasteiger partial charge on any atom is 0.227 e. The first-order valence-corrected chi connectivity index (χ1v) is 8.30. The Hall–Kier alpha value is -2.56. The molecule has 0 atom stereocenters. The van der Waals surface area contributed by atoms with Crippen molar-refractivity contribution in [3.8, 4) is 5.75 Å². The molecule has 1 N–H and O–H groups in total. The summed E-state index contributed by atoms with van der Waals surface area (Å²) in [6.45, 7) is 5.27. The van der Waals surface area contributed by atoms with E-state index in [9.17, 15) is 4.79 Å². The molecular weight excluding hydrogens is 302 g/mol. The smallest absolute Gasteiger partial charge is 0.227 e. The van der Waals surface area contributed by atoms with Gasteiger partial charge in [-0.3, -0.25) is 4.79 Å². The number of ether oxygens (including phenoxy) is 1. The Morgan fingerprint density at radius 2 is 1.83 bits per heavy atom. The number of nitrogens with zero attached hydrogens (tertiary/aromatic N) is 2. The largest absolute Gasteiger partial charge is 0.496 e. The van der Waals surface area contributed by atoms with Gasteiger partial charge in [0.15, 0.2) is 12.4 Å². The van der Waals surface area contributed by atoms with Gasteiger partial charge in [0.1, 0.15) is 5.75 Å². The van der Waals surface area contributed by atoms with Crippen LogP contribution in [-0.4, -0.2) is 44.1 Å². The van der Waals surface area contributed by atoms with E-state index in [1.807, 2.05) is 42.4 Å². The van der Waals surface area contributed by atoms with Crippen LogP contribution in [0.5, 0.6) is 5.75 Å². The predicted octanol–water partition coefficient (Wildman–Crippen LogP) is 1.71. The Balaban J connectivity index is 1.61. The number of amides is 1. The van der Waals surface area contributed by atoms with E-state index < -0.39 is 0 Å². The monoisotopic (exact) mass is 326 g/mol. The average Bonchev–Trinajstić information content (AvgIpc) is 2.63. The third-order valence-corrected chi connectivity index (χ3v) is 4.48. The van der Waals surface area contributed by atoms with Crippen molar-refractivity contribution in [1.82, 2.24) is 4.90 Å². The van der Waals surface area contributed by atoms with Crippen molar-refractivity contribution in [2.75, 3.05) is 38.2 Å². The fourth-order valence-corrected chi connectivity index (χ4v) is 3.12. The molecule has 2 aromatic rings. The quantitative estimate of drug-likeness (QED) is 0.859. The molecule has 1 amide bonds. The van der Waals surface area contributed by atoms with E-state index in [0.29, 0.717) is 6.42 Å². The number of hydrogen-bond acceptors (Lipinski definition) is 3. The van der Waals surface area contributed by atoms with Crippen molar-refractivity contribution in [3.05, 3.63) is 53.9 Å². The summed E-state index contributed by atoms with van der Waals surface area (Å²) in [5, 5.41) is 0. The molecule has 5 heteroatoms. The summed E-state index contributed by atoms with van der Waals surface area (Å²) in [4.78, 5) is 19.9. The molecule has 0 aliphatic carbocycles. The van der Waals surface area contributed by atoms with Crippen molar-refractivity contribution in [2.45, 2.75) is 13.3 Å². The maximum absolute atomic E-state index is 12.6. The second kappa shape index (κ2) is 7.34. The van der Waals surface area contributed by atoms with Crippen LogP contribution in [0.15, 0.2) is 42.7 Å². The third kappa shape index (κ3) is 3.67. The molecule has 5 nitrogen and oxygen atoms in total. The van der Waals surface area contributed by atoms with Gasteiger partial charge in [-0.25, -0.2) is 4.98 Å². The van der Waals surface area contributed by atoms with E-state index in [1.54, 1.807) is 7.11 Å². The van der Waals surface area contributed by atoms with E-state index in [1.165, 1.54) is 5.69 Å². The summed E-state index contributed by atoms with van der Waals surface area (Å²) in [6, 6.07) is 10.1. The van der Waals surface area contributed by atoms with E-state index in [4.69, 9.17) is 4.74 Å². The summed E-state index contributed by atoms with van der Waals surface area (Å²) in [5.41, 5.74) is 3.30. The number of anilines is 1. The van der Waals surface area contributed by atoms with Crippen LogP contribution in [-0.2, 0) is 11.2 Å². The van der Waals surface area contributed by atoms with Gasteiger partial charge >= 0.3 is 0 Å². The van der Waals surface area contributed by atoms with E-state index in [0.717, 1.165) is 43.1 Å². The highest BCUT2D eigenvalue weighted by Gasteiger charge is 2.22. The number of pyridine rings is 1. The fraction of sp³-hybridized carbons (Fsp3) is 0.368. The molecule has 24 heavy (non-hydrogen) atoms. The molecule has 0 bridgehead atoms. The van der Waals surface area contributed by atoms with Gasteiger partial charge < -0.3 is 14.5 Å². The molecule has 0 spiro atoms. The van der Waals surface area contributed by atoms with Crippen molar-refractivity contribution in [1.29, 1.82) is 0 Å². The molecule has 1 aliphatic heterocycles. The Labute approximate surface area is 142 Å². The SMILES string of the molecule is COc1ccc(C)cc1CC(=O)N1CCN(c2cc[nH+]cc2)CC1. The number of piperazine rings is 1. The molecule has 1 aliphatic rings. The van der Waals surface area contributed by atoms with Gasteiger partial charge in [0.05, 0.1) is 13.5 Å². The molecule has 0 saturated carbocycles. The number of aromatic nitrogens is 1. The number of aryl methyl sites for hydroxylation is 1. The van der Waals surface area contributed by atoms with Gasteiger partial charge in [0.2, 0.25) is 5.91 Å². The second-order valence-corrected chi connectivity index (χ2v) is 6.12. The molecule has 1 aromatic carbocycles. The molecule has 3 rings (SSSR count). The topological polar surface area (TPSA) is 46.9 Å². The normalized spacial score (nSPS) is 14.6. The summed E-state index contributed by atoms with van der Waals surface area (Å²) >= 11 is 0. The number of nitrogens with one attached hydrogen (secondary N) is 1. The van der Waals surface area contributed by atoms with Gasteiger partial charge in [-0.05, 0) is 13.0 Å². The van der Waals surface area contributed by atoms with Crippen molar-refractivity contribution >= 4 is 11.6 Å². The first kappa shape index (κ1) is 16.3. The van der Waals surface area contributed by atoms with Crippen molar-refractivity contribution < 1.29 is 14.5 Å². The zero-order valence-electron chi connectivity index (χ0n) is 14.3. The molecule has 126 valence electrons. The van der Waals surface area contributed by atoms with Crippen molar-refractivity contribution in [2.24, 2.45) is 0 Å². The standard InChI is InChI=1S/C19H23N3O2/c1-15-3-4-18(24-2)16(13-15)14-19(23)22-11-9-21(10-12-22)17-5-7-20-8-6-17/h3-8,13H,9-12,14H2,1-2H3/p+1. The van der Waals surface area contributed by atoms with Crippen LogP contribution in [0.1, 0.15) is 11.1 Å². The number of H-pyrrole nitrogens is 1. The molecule has 2 heterocycles. The van der Waals surface area contributed by atoms with Crippen LogP contribution in [0, 0.1) is 6.92 Å². The van der Waals surface area contributed by atoms with Crippen LogP contribution in [0.3, 0.4) is 0 Å². The van der Waals surface area contributed by atoms with E-state index in [-0.39, 0.29) is 5.91 Å². The maximum atomic E-state index is 12.6. The number of carbonyl (C=O) groups excluding carboxylic acids is 1. The van der Waals surface area contributed by atoms with Gasteiger partial charge in [-0.2, -0.15) is 0 Å². The first-order chi connectivity index (χ1) is 11.7. The van der Waals surface area contributed by atoms with Crippen LogP contribution < -0.4 is 14.6 Å². The van der Waals surface area contributed by atoms with Crippen molar-refractivity contribution in [3.63, 3.8) is 0 Å². The summed E-state index contributed by atoms with van der Waals surface area (Å²) < 4.78 is 5.38. The zero-order valence-corrected chi connectivity index (χ0v) is 14.3. The van der Waals surface area contributed by atoms with Gasteiger partial charge in [0.25, 0.3) is 0 Å². The molecular formula is C19H24N3O2+. The van der Waals surface area contributed by atoms with Crippen LogP contribution in [0.4, 0.5) is 5.69 Å². The number of benzene rings is 1. The molecule has 1 saturated heterocycles. The third-order valence-electron chi connectivity index (χ3n) is 4.48. The van der Waals surface area contributed by atoms with Gasteiger partial charge in [-0.1, -0.05) is 17.7 Å². The molecule has 0 radical (unpaired) electrons. The van der Waals surface area contributed by atoms with Gasteiger partial charge in [0, 0.05) is 49.6 Å². The average molecular weight is 326 g/mol. The molecule has 1 aromatic heterocycles. The van der Waals surface area contributed by atoms with Crippen LogP contribution in [0.25, 0.3) is 0 Å². The summed E-state index contributed by atoms with van der Waals surface area (Å²) in [5.74, 6) is 0.952.